The first kappa shape index (κ1) is 22.6. The summed E-state index contributed by atoms with van der Waals surface area (Å²) >= 11 is 0. The molecular weight excluding hydrogens is 448 g/mol. The number of carbonyl (C=O) groups is 2. The molecular formula is C24H17F2N3O5. The molecule has 0 saturated heterocycles. The molecule has 0 saturated carbocycles. The highest BCUT2D eigenvalue weighted by atomic mass is 19.1. The Kier molecular flexibility index (Phi) is 6.30. The number of amides is 1. The lowest BCUT2D eigenvalue weighted by Gasteiger charge is -2.14. The van der Waals surface area contributed by atoms with E-state index in [1.165, 1.54) is 36.7 Å². The molecule has 0 atom stereocenters. The molecule has 0 bridgehead atoms. The van der Waals surface area contributed by atoms with E-state index in [4.69, 9.17) is 9.47 Å². The van der Waals surface area contributed by atoms with Crippen LogP contribution in [0.4, 0.5) is 19.3 Å². The summed E-state index contributed by atoms with van der Waals surface area (Å²) in [7, 11) is 0. The Balaban J connectivity index is 1.78. The van der Waals surface area contributed by atoms with Crippen molar-refractivity contribution in [1.29, 1.82) is 0 Å². The van der Waals surface area contributed by atoms with Crippen molar-refractivity contribution in [2.24, 2.45) is 0 Å². The Morgan fingerprint density at radius 3 is 2.68 bits per heavy atom. The van der Waals surface area contributed by atoms with E-state index in [0.29, 0.717) is 6.07 Å². The molecule has 4 rings (SSSR count). The van der Waals surface area contributed by atoms with Crippen LogP contribution in [-0.4, -0.2) is 28.6 Å². The van der Waals surface area contributed by atoms with Crippen molar-refractivity contribution in [3.63, 3.8) is 0 Å². The molecule has 10 heteroatoms. The zero-order valence-electron chi connectivity index (χ0n) is 17.7. The number of nitrogens with one attached hydrogen (secondary N) is 2. The molecule has 2 aromatic heterocycles. The topological polar surface area (TPSA) is 110 Å². The zero-order chi connectivity index (χ0) is 24.2. The molecule has 172 valence electrons. The summed E-state index contributed by atoms with van der Waals surface area (Å²) in [6.45, 7) is 1.72. The number of ether oxygens (including phenoxy) is 2. The number of hydrogen-bond acceptors (Lipinski definition) is 6. The number of rotatable bonds is 5. The minimum absolute atomic E-state index is 0.0610. The van der Waals surface area contributed by atoms with Crippen molar-refractivity contribution in [1.82, 2.24) is 9.97 Å². The van der Waals surface area contributed by atoms with Gasteiger partial charge in [-0.25, -0.2) is 18.4 Å². The number of aromatic nitrogens is 2. The molecule has 34 heavy (non-hydrogen) atoms. The quantitative estimate of drug-likeness (QED) is 0.328. The van der Waals surface area contributed by atoms with Crippen molar-refractivity contribution < 1.29 is 27.8 Å². The van der Waals surface area contributed by atoms with Gasteiger partial charge in [-0.2, -0.15) is 0 Å². The smallest absolute Gasteiger partial charge is 0.411 e. The van der Waals surface area contributed by atoms with E-state index in [9.17, 15) is 23.2 Å². The highest BCUT2D eigenvalue weighted by Gasteiger charge is 2.17. The maximum atomic E-state index is 14.1. The van der Waals surface area contributed by atoms with Crippen LogP contribution in [0.3, 0.4) is 0 Å². The summed E-state index contributed by atoms with van der Waals surface area (Å²) in [5, 5.41) is 2.22. The predicted octanol–water partition coefficient (Wildman–Crippen LogP) is 4.66. The predicted molar refractivity (Wildman–Crippen MR) is 120 cm³/mol. The van der Waals surface area contributed by atoms with Gasteiger partial charge in [-0.3, -0.25) is 15.1 Å². The van der Waals surface area contributed by atoms with Gasteiger partial charge < -0.3 is 14.5 Å². The summed E-state index contributed by atoms with van der Waals surface area (Å²) in [5.41, 5.74) is 0.0538. The number of hydrogen-bond donors (Lipinski definition) is 2. The minimum atomic E-state index is -0.995. The van der Waals surface area contributed by atoms with Gasteiger partial charge in [-0.05, 0) is 37.3 Å². The highest BCUT2D eigenvalue weighted by Crippen LogP contribution is 2.32. The molecule has 2 heterocycles. The van der Waals surface area contributed by atoms with Crippen LogP contribution in [0, 0.1) is 11.6 Å². The molecule has 2 aromatic carbocycles. The Labute approximate surface area is 191 Å². The Morgan fingerprint density at radius 2 is 1.94 bits per heavy atom. The monoisotopic (exact) mass is 465 g/mol. The van der Waals surface area contributed by atoms with Gasteiger partial charge in [0.25, 0.3) is 0 Å². The average Bonchev–Trinajstić information content (AvgIpc) is 2.79. The fraction of sp³-hybridized carbons (Fsp3) is 0.0833. The van der Waals surface area contributed by atoms with Gasteiger partial charge in [-0.15, -0.1) is 0 Å². The number of pyridine rings is 2. The van der Waals surface area contributed by atoms with Crippen LogP contribution in [0.15, 0.2) is 65.7 Å². The third kappa shape index (κ3) is 4.75. The third-order valence-corrected chi connectivity index (χ3v) is 4.75. The Bertz CT molecular complexity index is 1450. The van der Waals surface area contributed by atoms with E-state index in [0.717, 1.165) is 12.1 Å². The number of H-pyrrole nitrogens is 1. The molecule has 0 radical (unpaired) electrons. The SMILES string of the molecule is CCOC(=O)Nc1cc(OC(=O)c2cccnc2)ccc1-c1cc(=O)c2c(F)cc(F)cc2[nH]1. The second-order valence-corrected chi connectivity index (χ2v) is 7.04. The molecule has 0 unspecified atom stereocenters. The summed E-state index contributed by atoms with van der Waals surface area (Å²) in [4.78, 5) is 43.7. The molecule has 0 aliphatic carbocycles. The number of esters is 1. The van der Waals surface area contributed by atoms with Gasteiger partial charge in [0.15, 0.2) is 5.43 Å². The van der Waals surface area contributed by atoms with E-state index in [2.05, 4.69) is 15.3 Å². The van der Waals surface area contributed by atoms with Crippen molar-refractivity contribution in [2.45, 2.75) is 6.92 Å². The van der Waals surface area contributed by atoms with Gasteiger partial charge in [-0.1, -0.05) is 0 Å². The van der Waals surface area contributed by atoms with Gasteiger partial charge in [0, 0.05) is 36.2 Å². The zero-order valence-corrected chi connectivity index (χ0v) is 17.7. The fourth-order valence-corrected chi connectivity index (χ4v) is 3.30. The largest absolute Gasteiger partial charge is 0.450 e. The highest BCUT2D eigenvalue weighted by molar-refractivity contribution is 5.94. The van der Waals surface area contributed by atoms with Crippen LogP contribution < -0.4 is 15.5 Å². The molecule has 4 aromatic rings. The van der Waals surface area contributed by atoms with Crippen LogP contribution in [0.5, 0.6) is 5.75 Å². The van der Waals surface area contributed by atoms with Crippen molar-refractivity contribution >= 4 is 28.7 Å². The first-order valence-corrected chi connectivity index (χ1v) is 10.1. The second kappa shape index (κ2) is 9.49. The van der Waals surface area contributed by atoms with Crippen LogP contribution in [0.2, 0.25) is 0 Å². The lowest BCUT2D eigenvalue weighted by molar-refractivity contribution is 0.0734. The lowest BCUT2D eigenvalue weighted by atomic mass is 10.1. The summed E-state index contributed by atoms with van der Waals surface area (Å²) in [6.07, 6.45) is 2.06. The third-order valence-electron chi connectivity index (χ3n) is 4.75. The second-order valence-electron chi connectivity index (χ2n) is 7.04. The standard InChI is InChI=1S/C24H17F2N3O5/c1-2-33-24(32)29-18-10-15(34-23(31)13-4-3-7-27-12-13)5-6-16(18)19-11-21(30)22-17(26)8-14(25)9-20(22)28-19/h3-12H,2H2,1H3,(H,28,30)(H,29,32). The molecule has 8 nitrogen and oxygen atoms in total. The molecule has 0 fully saturated rings. The van der Waals surface area contributed by atoms with Crippen LogP contribution in [0.1, 0.15) is 17.3 Å². The Hall–Kier alpha value is -4.60. The summed E-state index contributed by atoms with van der Waals surface area (Å²) in [5.74, 6) is -2.44. The van der Waals surface area contributed by atoms with E-state index in [1.807, 2.05) is 0 Å². The summed E-state index contributed by atoms with van der Waals surface area (Å²) < 4.78 is 38.1. The van der Waals surface area contributed by atoms with E-state index < -0.39 is 29.1 Å². The Morgan fingerprint density at radius 1 is 1.12 bits per heavy atom. The molecule has 0 aliphatic rings. The normalized spacial score (nSPS) is 10.7. The number of fused-ring (bicyclic) bond motifs is 1. The number of anilines is 1. The maximum Gasteiger partial charge on any atom is 0.411 e. The number of benzene rings is 2. The molecule has 0 spiro atoms. The number of aromatic amines is 1. The average molecular weight is 465 g/mol. The van der Waals surface area contributed by atoms with Gasteiger partial charge in [0.05, 0.1) is 34.5 Å². The van der Waals surface area contributed by atoms with Gasteiger partial charge in [0.1, 0.15) is 17.4 Å². The first-order chi connectivity index (χ1) is 16.4. The maximum absolute atomic E-state index is 14.1. The minimum Gasteiger partial charge on any atom is -0.450 e. The number of nitrogens with zero attached hydrogens (tertiary/aromatic N) is 1. The first-order valence-electron chi connectivity index (χ1n) is 10.1. The fourth-order valence-electron chi connectivity index (χ4n) is 3.30. The lowest BCUT2D eigenvalue weighted by Crippen LogP contribution is -2.15. The van der Waals surface area contributed by atoms with Crippen LogP contribution in [0.25, 0.3) is 22.2 Å². The molecule has 0 aliphatic heterocycles. The number of halogens is 2. The van der Waals surface area contributed by atoms with E-state index in [1.54, 1.807) is 13.0 Å². The van der Waals surface area contributed by atoms with Crippen molar-refractivity contribution in [3.05, 3.63) is 88.3 Å². The van der Waals surface area contributed by atoms with Crippen LogP contribution in [-0.2, 0) is 4.74 Å². The van der Waals surface area contributed by atoms with Crippen molar-refractivity contribution in [3.8, 4) is 17.0 Å². The molecule has 1 amide bonds. The van der Waals surface area contributed by atoms with Gasteiger partial charge in [0.2, 0.25) is 0 Å². The van der Waals surface area contributed by atoms with E-state index in [-0.39, 0.29) is 45.8 Å². The van der Waals surface area contributed by atoms with E-state index >= 15 is 0 Å². The van der Waals surface area contributed by atoms with Crippen LogP contribution >= 0.6 is 0 Å². The van der Waals surface area contributed by atoms with Crippen molar-refractivity contribution in [2.75, 3.05) is 11.9 Å². The molecule has 2 N–H and O–H groups in total. The summed E-state index contributed by atoms with van der Waals surface area (Å²) in [6, 6.07) is 10.1. The van der Waals surface area contributed by atoms with Gasteiger partial charge >= 0.3 is 12.1 Å². The number of carbonyl (C=O) groups excluding carboxylic acids is 2.